The van der Waals surface area contributed by atoms with Gasteiger partial charge in [-0.1, -0.05) is 48.3 Å². The molecule has 1 saturated heterocycles. The minimum Gasteiger partial charge on any atom is -0.404 e. The normalized spacial score (nSPS) is 16.3. The van der Waals surface area contributed by atoms with Gasteiger partial charge in [-0.05, 0) is 48.1 Å². The van der Waals surface area contributed by atoms with Gasteiger partial charge in [-0.25, -0.2) is 0 Å². The predicted octanol–water partition coefficient (Wildman–Crippen LogP) is 5.15. The van der Waals surface area contributed by atoms with Crippen LogP contribution in [-0.2, 0) is 12.3 Å². The maximum atomic E-state index is 7.49. The van der Waals surface area contributed by atoms with Crippen molar-refractivity contribution < 1.29 is 0 Å². The highest BCUT2D eigenvalue weighted by Crippen LogP contribution is 2.28. The predicted molar refractivity (Wildman–Crippen MR) is 125 cm³/mol. The quantitative estimate of drug-likeness (QED) is 0.423. The van der Waals surface area contributed by atoms with Crippen molar-refractivity contribution in [2.45, 2.75) is 25.1 Å². The molecule has 0 amide bonds. The lowest BCUT2D eigenvalue weighted by Gasteiger charge is -2.31. The average molecular weight is 405 g/mol. The smallest absolute Gasteiger partial charge is 0.0480 e. The van der Waals surface area contributed by atoms with Crippen LogP contribution in [-0.4, -0.2) is 28.2 Å². The molecular weight excluding hydrogens is 376 g/mol. The van der Waals surface area contributed by atoms with Crippen LogP contribution in [0.5, 0.6) is 0 Å². The molecule has 29 heavy (non-hydrogen) atoms. The van der Waals surface area contributed by atoms with E-state index in [1.165, 1.54) is 41.7 Å². The number of allylic oxidation sites excluding steroid dienone is 1. The van der Waals surface area contributed by atoms with Gasteiger partial charge in [0.15, 0.2) is 0 Å². The Bertz CT molecular complexity index is 985. The molecule has 5 heteroatoms. The van der Waals surface area contributed by atoms with Gasteiger partial charge in [0.2, 0.25) is 0 Å². The average Bonchev–Trinajstić information content (AvgIpc) is 3.17. The standard InChI is InChI=1S/C24H28N4S/c25-15-23(16-26)21-6-7-24-22(14-21)10-11-27(24)17-19-8-12-28(13-9-19)29-18-20-4-2-1-3-5-20/h1-7,10-11,14-16,19,25H,8-9,12-13,17-18,26H2/b23-16+,25-15?. The zero-order valence-corrected chi connectivity index (χ0v) is 17.4. The monoisotopic (exact) mass is 404 g/mol. The summed E-state index contributed by atoms with van der Waals surface area (Å²) in [6.45, 7) is 3.40. The van der Waals surface area contributed by atoms with Crippen molar-refractivity contribution in [3.63, 3.8) is 0 Å². The summed E-state index contributed by atoms with van der Waals surface area (Å²) >= 11 is 1.96. The molecule has 1 aliphatic heterocycles. The number of hydrogen-bond donors (Lipinski definition) is 2. The number of rotatable bonds is 7. The van der Waals surface area contributed by atoms with E-state index in [1.54, 1.807) is 0 Å². The zero-order valence-electron chi connectivity index (χ0n) is 16.6. The number of hydrogen-bond acceptors (Lipinski definition) is 4. The lowest BCUT2D eigenvalue weighted by Crippen LogP contribution is -2.30. The summed E-state index contributed by atoms with van der Waals surface area (Å²) in [6, 6.07) is 19.2. The second-order valence-corrected chi connectivity index (χ2v) is 8.70. The molecule has 0 bridgehead atoms. The molecule has 0 aliphatic carbocycles. The van der Waals surface area contributed by atoms with E-state index in [0.717, 1.165) is 42.4 Å². The van der Waals surface area contributed by atoms with E-state index in [9.17, 15) is 0 Å². The second-order valence-electron chi connectivity index (χ2n) is 7.64. The lowest BCUT2D eigenvalue weighted by atomic mass is 9.98. The van der Waals surface area contributed by atoms with E-state index < -0.39 is 0 Å². The van der Waals surface area contributed by atoms with Crippen molar-refractivity contribution in [2.75, 3.05) is 13.1 Å². The van der Waals surface area contributed by atoms with Gasteiger partial charge in [0.05, 0.1) is 0 Å². The fraction of sp³-hybridized carbons (Fsp3) is 0.292. The largest absolute Gasteiger partial charge is 0.404 e. The summed E-state index contributed by atoms with van der Waals surface area (Å²) in [5.74, 6) is 1.78. The third kappa shape index (κ3) is 4.74. The SMILES string of the molecule is N=C/C(=C\N)c1ccc2c(ccn2CC2CCN(SCc3ccccc3)CC2)c1. The van der Waals surface area contributed by atoms with Crippen LogP contribution >= 0.6 is 11.9 Å². The number of nitrogens with two attached hydrogens (primary N) is 1. The zero-order chi connectivity index (χ0) is 20.1. The van der Waals surface area contributed by atoms with Crippen LogP contribution in [0, 0.1) is 11.3 Å². The number of piperidine rings is 1. The molecule has 3 aromatic rings. The molecule has 2 heterocycles. The fourth-order valence-corrected chi connectivity index (χ4v) is 5.00. The van der Waals surface area contributed by atoms with E-state index in [0.29, 0.717) is 0 Å². The van der Waals surface area contributed by atoms with Crippen molar-refractivity contribution in [2.24, 2.45) is 11.7 Å². The van der Waals surface area contributed by atoms with E-state index in [4.69, 9.17) is 11.1 Å². The number of aromatic nitrogens is 1. The molecule has 0 spiro atoms. The maximum Gasteiger partial charge on any atom is 0.0480 e. The van der Waals surface area contributed by atoms with Gasteiger partial charge in [-0.15, -0.1) is 0 Å². The van der Waals surface area contributed by atoms with Crippen LogP contribution in [0.25, 0.3) is 16.5 Å². The topological polar surface area (TPSA) is 58.0 Å². The molecule has 3 N–H and O–H groups in total. The minimum atomic E-state index is 0.722. The third-order valence-electron chi connectivity index (χ3n) is 5.72. The summed E-state index contributed by atoms with van der Waals surface area (Å²) < 4.78 is 4.91. The molecule has 0 radical (unpaired) electrons. The first-order valence-electron chi connectivity index (χ1n) is 10.2. The first kappa shape index (κ1) is 19.8. The van der Waals surface area contributed by atoms with Gasteiger partial charge in [0, 0.05) is 60.5 Å². The first-order valence-corrected chi connectivity index (χ1v) is 11.1. The van der Waals surface area contributed by atoms with Crippen LogP contribution in [0.2, 0.25) is 0 Å². The molecular formula is C24H28N4S. The van der Waals surface area contributed by atoms with Gasteiger partial charge >= 0.3 is 0 Å². The molecule has 4 rings (SSSR count). The second kappa shape index (κ2) is 9.33. The van der Waals surface area contributed by atoms with Gasteiger partial charge in [0.25, 0.3) is 0 Å². The highest BCUT2D eigenvalue weighted by Gasteiger charge is 2.20. The van der Waals surface area contributed by atoms with E-state index >= 15 is 0 Å². The third-order valence-corrected chi connectivity index (χ3v) is 6.92. The van der Waals surface area contributed by atoms with Crippen LogP contribution in [0.4, 0.5) is 0 Å². The Balaban J connectivity index is 1.33. The van der Waals surface area contributed by atoms with Crippen molar-refractivity contribution in [1.82, 2.24) is 8.87 Å². The van der Waals surface area contributed by atoms with Crippen molar-refractivity contribution in [3.05, 3.63) is 78.1 Å². The van der Waals surface area contributed by atoms with E-state index in [-0.39, 0.29) is 0 Å². The van der Waals surface area contributed by atoms with Crippen molar-refractivity contribution >= 4 is 34.6 Å². The Kier molecular flexibility index (Phi) is 6.37. The minimum absolute atomic E-state index is 0.722. The molecule has 1 aromatic heterocycles. The van der Waals surface area contributed by atoms with Gasteiger partial charge in [-0.2, -0.15) is 0 Å². The molecule has 0 unspecified atom stereocenters. The van der Waals surface area contributed by atoms with Crippen molar-refractivity contribution in [1.29, 1.82) is 5.41 Å². The van der Waals surface area contributed by atoms with Gasteiger partial charge < -0.3 is 15.7 Å². The van der Waals surface area contributed by atoms with Gasteiger partial charge in [0.1, 0.15) is 0 Å². The highest BCUT2D eigenvalue weighted by atomic mass is 32.2. The molecule has 0 saturated carbocycles. The summed E-state index contributed by atoms with van der Waals surface area (Å²) in [5, 5.41) is 8.70. The number of benzene rings is 2. The summed E-state index contributed by atoms with van der Waals surface area (Å²) in [5.41, 5.74) is 10.0. The Morgan fingerprint density at radius 3 is 2.62 bits per heavy atom. The number of nitrogens with zero attached hydrogens (tertiary/aromatic N) is 2. The Labute approximate surface area is 177 Å². The first-order chi connectivity index (χ1) is 14.3. The van der Waals surface area contributed by atoms with E-state index in [1.807, 2.05) is 11.9 Å². The van der Waals surface area contributed by atoms with Crippen LogP contribution in [0.15, 0.2) is 67.0 Å². The van der Waals surface area contributed by atoms with Crippen LogP contribution in [0.1, 0.15) is 24.0 Å². The summed E-state index contributed by atoms with van der Waals surface area (Å²) in [4.78, 5) is 0. The molecule has 1 aliphatic rings. The fourth-order valence-electron chi connectivity index (χ4n) is 4.01. The van der Waals surface area contributed by atoms with Crippen LogP contribution in [0.3, 0.4) is 0 Å². The molecule has 0 atom stereocenters. The summed E-state index contributed by atoms with van der Waals surface area (Å²) in [7, 11) is 0. The lowest BCUT2D eigenvalue weighted by molar-refractivity contribution is 0.269. The summed E-state index contributed by atoms with van der Waals surface area (Å²) in [6.07, 6.45) is 7.48. The molecule has 150 valence electrons. The molecule has 1 fully saturated rings. The highest BCUT2D eigenvalue weighted by molar-refractivity contribution is 7.96. The maximum absolute atomic E-state index is 7.49. The Hall–Kier alpha value is -2.50. The van der Waals surface area contributed by atoms with Crippen LogP contribution < -0.4 is 5.73 Å². The number of fused-ring (bicyclic) bond motifs is 1. The van der Waals surface area contributed by atoms with Gasteiger partial charge in [-0.3, -0.25) is 4.31 Å². The van der Waals surface area contributed by atoms with Crippen molar-refractivity contribution in [3.8, 4) is 0 Å². The molecule has 4 nitrogen and oxygen atoms in total. The Morgan fingerprint density at radius 1 is 1.10 bits per heavy atom. The number of nitrogens with one attached hydrogen (secondary N) is 1. The Morgan fingerprint density at radius 2 is 1.90 bits per heavy atom. The molecule has 2 aromatic carbocycles. The van der Waals surface area contributed by atoms with E-state index in [2.05, 4.69) is 69.7 Å².